The summed E-state index contributed by atoms with van der Waals surface area (Å²) in [4.78, 5) is 0. The van der Waals surface area contributed by atoms with E-state index >= 15 is 0 Å². The number of methoxy groups -OCH3 is 1. The van der Waals surface area contributed by atoms with Gasteiger partial charge < -0.3 is 9.47 Å². The fourth-order valence-corrected chi connectivity index (χ4v) is 1.78. The summed E-state index contributed by atoms with van der Waals surface area (Å²) in [7, 11) is 1.67. The Morgan fingerprint density at radius 2 is 1.71 bits per heavy atom. The lowest BCUT2D eigenvalue weighted by atomic mass is 10.0. The molecular formula is C15H24O2. The highest BCUT2D eigenvalue weighted by molar-refractivity contribution is 5.31. The molecule has 2 heteroatoms. The largest absolute Gasteiger partial charge is 0.497 e. The van der Waals surface area contributed by atoms with E-state index in [9.17, 15) is 0 Å². The van der Waals surface area contributed by atoms with Crippen molar-refractivity contribution in [2.75, 3.05) is 13.7 Å². The Kier molecular flexibility index (Phi) is 6.53. The average molecular weight is 236 g/mol. The molecule has 0 saturated carbocycles. The summed E-state index contributed by atoms with van der Waals surface area (Å²) in [6.07, 6.45) is 5.02. The Hall–Kier alpha value is -1.18. The third-order valence-electron chi connectivity index (χ3n) is 3.09. The molecule has 0 aromatic heterocycles. The molecule has 1 unspecified atom stereocenters. The third-order valence-corrected chi connectivity index (χ3v) is 3.09. The molecule has 0 saturated heterocycles. The van der Waals surface area contributed by atoms with Crippen LogP contribution in [-0.4, -0.2) is 13.7 Å². The van der Waals surface area contributed by atoms with Crippen molar-refractivity contribution in [2.45, 2.75) is 39.5 Å². The maximum absolute atomic E-state index is 5.80. The van der Waals surface area contributed by atoms with Gasteiger partial charge in [-0.2, -0.15) is 0 Å². The lowest BCUT2D eigenvalue weighted by Gasteiger charge is -2.15. The van der Waals surface area contributed by atoms with E-state index in [0.29, 0.717) is 5.92 Å². The van der Waals surface area contributed by atoms with Crippen LogP contribution in [0.2, 0.25) is 0 Å². The minimum absolute atomic E-state index is 0.678. The molecule has 1 aromatic carbocycles. The van der Waals surface area contributed by atoms with Gasteiger partial charge >= 0.3 is 0 Å². The summed E-state index contributed by atoms with van der Waals surface area (Å²) in [5, 5.41) is 0. The molecule has 0 fully saturated rings. The zero-order chi connectivity index (χ0) is 12.5. The second kappa shape index (κ2) is 7.99. The fourth-order valence-electron chi connectivity index (χ4n) is 1.78. The normalized spacial score (nSPS) is 12.2. The first kappa shape index (κ1) is 13.9. The molecule has 0 radical (unpaired) electrons. The van der Waals surface area contributed by atoms with E-state index in [1.165, 1.54) is 25.7 Å². The van der Waals surface area contributed by atoms with Crippen molar-refractivity contribution >= 4 is 0 Å². The quantitative estimate of drug-likeness (QED) is 0.670. The molecular weight excluding hydrogens is 212 g/mol. The Morgan fingerprint density at radius 3 is 2.24 bits per heavy atom. The number of ether oxygens (including phenoxy) is 2. The molecule has 2 nitrogen and oxygen atoms in total. The molecule has 1 rings (SSSR count). The molecule has 96 valence electrons. The Morgan fingerprint density at radius 1 is 1.06 bits per heavy atom. The van der Waals surface area contributed by atoms with E-state index in [-0.39, 0.29) is 0 Å². The summed E-state index contributed by atoms with van der Waals surface area (Å²) in [5.41, 5.74) is 0. The molecule has 0 aliphatic rings. The number of unbranched alkanes of at least 4 members (excludes halogenated alkanes) is 1. The fraction of sp³-hybridized carbons (Fsp3) is 0.600. The van der Waals surface area contributed by atoms with Gasteiger partial charge in [0.05, 0.1) is 13.7 Å². The molecule has 1 aromatic rings. The highest BCUT2D eigenvalue weighted by Crippen LogP contribution is 2.19. The highest BCUT2D eigenvalue weighted by atomic mass is 16.5. The maximum atomic E-state index is 5.80. The lowest BCUT2D eigenvalue weighted by Crippen LogP contribution is -2.11. The van der Waals surface area contributed by atoms with Crippen molar-refractivity contribution < 1.29 is 9.47 Å². The minimum Gasteiger partial charge on any atom is -0.497 e. The SMILES string of the molecule is CCCCC(CC)COc1ccc(OC)cc1. The average Bonchev–Trinajstić information content (AvgIpc) is 2.39. The van der Waals surface area contributed by atoms with Gasteiger partial charge in [0.25, 0.3) is 0 Å². The molecule has 0 bridgehead atoms. The molecule has 0 spiro atoms. The van der Waals surface area contributed by atoms with Crippen molar-refractivity contribution in [3.63, 3.8) is 0 Å². The minimum atomic E-state index is 0.678. The van der Waals surface area contributed by atoms with E-state index in [1.807, 2.05) is 24.3 Å². The van der Waals surface area contributed by atoms with E-state index in [2.05, 4.69) is 13.8 Å². The zero-order valence-corrected chi connectivity index (χ0v) is 11.2. The number of hydrogen-bond donors (Lipinski definition) is 0. The monoisotopic (exact) mass is 236 g/mol. The van der Waals surface area contributed by atoms with Crippen molar-refractivity contribution in [3.8, 4) is 11.5 Å². The first-order valence-electron chi connectivity index (χ1n) is 6.57. The standard InChI is InChI=1S/C15H24O2/c1-4-6-7-13(5-2)12-17-15-10-8-14(16-3)9-11-15/h8-11,13H,4-7,12H2,1-3H3. The first-order valence-corrected chi connectivity index (χ1v) is 6.57. The zero-order valence-electron chi connectivity index (χ0n) is 11.2. The Bertz CT molecular complexity index is 292. The predicted octanol–water partition coefficient (Wildman–Crippen LogP) is 4.29. The molecule has 0 amide bonds. The van der Waals surface area contributed by atoms with Gasteiger partial charge in [-0.25, -0.2) is 0 Å². The smallest absolute Gasteiger partial charge is 0.119 e. The van der Waals surface area contributed by atoms with E-state index in [4.69, 9.17) is 9.47 Å². The van der Waals surface area contributed by atoms with Crippen LogP contribution in [0.4, 0.5) is 0 Å². The van der Waals surface area contributed by atoms with Crippen LogP contribution in [0, 0.1) is 5.92 Å². The summed E-state index contributed by atoms with van der Waals surface area (Å²) in [6, 6.07) is 7.79. The lowest BCUT2D eigenvalue weighted by molar-refractivity contribution is 0.233. The molecule has 0 heterocycles. The summed E-state index contributed by atoms with van der Waals surface area (Å²) in [5.74, 6) is 2.48. The molecule has 0 aliphatic carbocycles. The Balaban J connectivity index is 2.36. The van der Waals surface area contributed by atoms with E-state index < -0.39 is 0 Å². The Labute approximate surface area is 105 Å². The van der Waals surface area contributed by atoms with Crippen LogP contribution in [0.1, 0.15) is 39.5 Å². The second-order valence-electron chi connectivity index (χ2n) is 4.40. The van der Waals surface area contributed by atoms with Crippen LogP contribution in [-0.2, 0) is 0 Å². The topological polar surface area (TPSA) is 18.5 Å². The van der Waals surface area contributed by atoms with E-state index in [1.54, 1.807) is 7.11 Å². The number of benzene rings is 1. The van der Waals surface area contributed by atoms with Gasteiger partial charge in [-0.3, -0.25) is 0 Å². The maximum Gasteiger partial charge on any atom is 0.119 e. The van der Waals surface area contributed by atoms with Crippen molar-refractivity contribution in [1.29, 1.82) is 0 Å². The van der Waals surface area contributed by atoms with Gasteiger partial charge in [0.1, 0.15) is 11.5 Å². The molecule has 17 heavy (non-hydrogen) atoms. The second-order valence-corrected chi connectivity index (χ2v) is 4.40. The van der Waals surface area contributed by atoms with Crippen LogP contribution in [0.5, 0.6) is 11.5 Å². The molecule has 0 N–H and O–H groups in total. The van der Waals surface area contributed by atoms with Gasteiger partial charge in [0.2, 0.25) is 0 Å². The third kappa shape index (κ3) is 5.12. The summed E-state index contributed by atoms with van der Waals surface area (Å²) < 4.78 is 10.9. The van der Waals surface area contributed by atoms with Crippen LogP contribution in [0.15, 0.2) is 24.3 Å². The van der Waals surface area contributed by atoms with Crippen molar-refractivity contribution in [1.82, 2.24) is 0 Å². The van der Waals surface area contributed by atoms with Crippen LogP contribution < -0.4 is 9.47 Å². The van der Waals surface area contributed by atoms with Gasteiger partial charge in [0.15, 0.2) is 0 Å². The summed E-state index contributed by atoms with van der Waals surface area (Å²) >= 11 is 0. The number of hydrogen-bond acceptors (Lipinski definition) is 2. The predicted molar refractivity (Wildman–Crippen MR) is 71.8 cm³/mol. The van der Waals surface area contributed by atoms with Crippen LogP contribution in [0.3, 0.4) is 0 Å². The summed E-state index contributed by atoms with van der Waals surface area (Å²) in [6.45, 7) is 5.29. The molecule has 0 aliphatic heterocycles. The van der Waals surface area contributed by atoms with Gasteiger partial charge in [0, 0.05) is 0 Å². The van der Waals surface area contributed by atoms with E-state index in [0.717, 1.165) is 18.1 Å². The number of rotatable bonds is 8. The first-order chi connectivity index (χ1) is 8.30. The van der Waals surface area contributed by atoms with Gasteiger partial charge in [-0.15, -0.1) is 0 Å². The highest BCUT2D eigenvalue weighted by Gasteiger charge is 2.06. The van der Waals surface area contributed by atoms with Gasteiger partial charge in [-0.1, -0.05) is 33.1 Å². The van der Waals surface area contributed by atoms with Crippen molar-refractivity contribution in [2.24, 2.45) is 5.92 Å². The van der Waals surface area contributed by atoms with Crippen LogP contribution in [0.25, 0.3) is 0 Å². The molecule has 1 atom stereocenters. The van der Waals surface area contributed by atoms with Gasteiger partial charge in [-0.05, 0) is 36.6 Å². The van der Waals surface area contributed by atoms with Crippen molar-refractivity contribution in [3.05, 3.63) is 24.3 Å². The van der Waals surface area contributed by atoms with Crippen LogP contribution >= 0.6 is 0 Å².